The van der Waals surface area contributed by atoms with Gasteiger partial charge in [-0.3, -0.25) is 37.3 Å². The maximum atomic E-state index is 12.7. The zero-order valence-electron chi connectivity index (χ0n) is 39.0. The lowest BCUT2D eigenvalue weighted by atomic mass is 10.1. The molecule has 0 aromatic rings. The fraction of sp³-hybridized carbons (Fsp3) is 0.909. The largest absolute Gasteiger partial charge is 0.472 e. The van der Waals surface area contributed by atoms with Crippen LogP contribution in [0.4, 0.5) is 0 Å². The van der Waals surface area contributed by atoms with Gasteiger partial charge in [0.2, 0.25) is 0 Å². The molecule has 63 heavy (non-hydrogen) atoms. The standard InChI is InChI=1S/C44H84O17P2/c1-5-9-13-17-18-19-23-27-31-44(49)61-40(35-55-42(47)29-25-21-15-11-7-3)37-59-63(52,53)57-33-38(45)32-56-62(50,51)58-36-39(60-43(48)30-26-22-16-12-8-4)34-54-41(46)28-24-20-14-10-6-2/h38-40,45H,5-37H2,1-4H3,(H,50,51)(H,52,53)/t38-,39+,40+/m0/s1. The van der Waals surface area contributed by atoms with Crippen molar-refractivity contribution < 1.29 is 80.2 Å². The average molecular weight is 947 g/mol. The molecule has 0 aliphatic heterocycles. The topological polar surface area (TPSA) is 237 Å². The van der Waals surface area contributed by atoms with Crippen LogP contribution in [0.15, 0.2) is 0 Å². The van der Waals surface area contributed by atoms with Crippen molar-refractivity contribution in [3.8, 4) is 0 Å². The zero-order chi connectivity index (χ0) is 47.0. The number of hydrogen-bond acceptors (Lipinski definition) is 15. The van der Waals surface area contributed by atoms with Crippen LogP contribution in [0.2, 0.25) is 0 Å². The number of phosphoric ester groups is 2. The lowest BCUT2D eigenvalue weighted by Gasteiger charge is -2.21. The predicted octanol–water partition coefficient (Wildman–Crippen LogP) is 10.1. The van der Waals surface area contributed by atoms with E-state index in [1.54, 1.807) is 0 Å². The Morgan fingerprint density at radius 2 is 0.635 bits per heavy atom. The lowest BCUT2D eigenvalue weighted by Crippen LogP contribution is -2.30. The van der Waals surface area contributed by atoms with E-state index in [9.17, 15) is 43.2 Å². The van der Waals surface area contributed by atoms with Gasteiger partial charge in [-0.2, -0.15) is 0 Å². The van der Waals surface area contributed by atoms with Crippen LogP contribution in [0, 0.1) is 0 Å². The Bertz CT molecular complexity index is 1270. The summed E-state index contributed by atoms with van der Waals surface area (Å²) in [7, 11) is -9.81. The average Bonchev–Trinajstić information content (AvgIpc) is 3.24. The number of carbonyl (C=O) groups is 4. The Labute approximate surface area is 377 Å². The summed E-state index contributed by atoms with van der Waals surface area (Å²) in [6.07, 6.45) is 18.2. The van der Waals surface area contributed by atoms with E-state index < -0.39 is 97.5 Å². The van der Waals surface area contributed by atoms with Crippen molar-refractivity contribution >= 4 is 39.5 Å². The molecular weight excluding hydrogens is 862 g/mol. The molecule has 0 amide bonds. The van der Waals surface area contributed by atoms with Crippen LogP contribution in [0.1, 0.15) is 201 Å². The second kappa shape index (κ2) is 40.3. The molecule has 0 aliphatic carbocycles. The maximum absolute atomic E-state index is 12.7. The Morgan fingerprint density at radius 3 is 0.937 bits per heavy atom. The molecule has 19 heteroatoms. The highest BCUT2D eigenvalue weighted by atomic mass is 31.2. The van der Waals surface area contributed by atoms with Gasteiger partial charge in [-0.15, -0.1) is 0 Å². The minimum Gasteiger partial charge on any atom is -0.462 e. The normalized spacial score (nSPS) is 14.8. The second-order valence-electron chi connectivity index (χ2n) is 16.1. The highest BCUT2D eigenvalue weighted by Gasteiger charge is 2.30. The quantitative estimate of drug-likeness (QED) is 0.0223. The summed E-state index contributed by atoms with van der Waals surface area (Å²) in [5.41, 5.74) is 0. The van der Waals surface area contributed by atoms with Crippen molar-refractivity contribution in [1.29, 1.82) is 0 Å². The molecule has 0 radical (unpaired) electrons. The van der Waals surface area contributed by atoms with Crippen molar-refractivity contribution in [2.24, 2.45) is 0 Å². The third kappa shape index (κ3) is 40.1. The fourth-order valence-electron chi connectivity index (χ4n) is 6.10. The molecule has 0 aromatic heterocycles. The molecule has 5 atom stereocenters. The summed E-state index contributed by atoms with van der Waals surface area (Å²) in [4.78, 5) is 70.4. The van der Waals surface area contributed by atoms with Gasteiger partial charge in [-0.05, 0) is 25.7 Å². The number of rotatable bonds is 45. The van der Waals surface area contributed by atoms with Gasteiger partial charge in [-0.1, -0.05) is 150 Å². The number of phosphoric acid groups is 2. The summed E-state index contributed by atoms with van der Waals surface area (Å²) in [6.45, 7) is 4.43. The van der Waals surface area contributed by atoms with Crippen molar-refractivity contribution in [2.45, 2.75) is 219 Å². The Hall–Kier alpha value is -1.94. The monoisotopic (exact) mass is 947 g/mol. The molecule has 2 unspecified atom stereocenters. The third-order valence-electron chi connectivity index (χ3n) is 9.85. The highest BCUT2D eigenvalue weighted by molar-refractivity contribution is 7.47. The Kier molecular flexibility index (Phi) is 39.1. The number of aliphatic hydroxyl groups excluding tert-OH is 1. The van der Waals surface area contributed by atoms with E-state index >= 15 is 0 Å². The number of unbranched alkanes of at least 4 members (excludes halogenated alkanes) is 19. The van der Waals surface area contributed by atoms with E-state index in [0.717, 1.165) is 109 Å². The van der Waals surface area contributed by atoms with E-state index in [1.807, 2.05) is 0 Å². The molecular formula is C44H84O17P2. The first-order valence-corrected chi connectivity index (χ1v) is 26.8. The number of esters is 4. The van der Waals surface area contributed by atoms with E-state index in [-0.39, 0.29) is 25.7 Å². The first-order valence-electron chi connectivity index (χ1n) is 23.8. The number of carbonyl (C=O) groups excluding carboxylic acids is 4. The second-order valence-corrected chi connectivity index (χ2v) is 19.0. The predicted molar refractivity (Wildman–Crippen MR) is 238 cm³/mol. The summed E-state index contributed by atoms with van der Waals surface area (Å²) < 4.78 is 66.4. The van der Waals surface area contributed by atoms with Gasteiger partial charge >= 0.3 is 39.5 Å². The van der Waals surface area contributed by atoms with Gasteiger partial charge in [-0.25, -0.2) is 9.13 Å². The number of ether oxygens (including phenoxy) is 4. The highest BCUT2D eigenvalue weighted by Crippen LogP contribution is 2.45. The minimum atomic E-state index is -4.91. The van der Waals surface area contributed by atoms with Crippen molar-refractivity contribution in [3.63, 3.8) is 0 Å². The van der Waals surface area contributed by atoms with Gasteiger partial charge in [0.1, 0.15) is 19.3 Å². The van der Waals surface area contributed by atoms with Gasteiger partial charge in [0.05, 0.1) is 26.4 Å². The van der Waals surface area contributed by atoms with Crippen molar-refractivity contribution in [1.82, 2.24) is 0 Å². The van der Waals surface area contributed by atoms with Crippen molar-refractivity contribution in [3.05, 3.63) is 0 Å². The van der Waals surface area contributed by atoms with Crippen LogP contribution >= 0.6 is 15.6 Å². The van der Waals surface area contributed by atoms with Crippen LogP contribution < -0.4 is 0 Å². The first kappa shape index (κ1) is 61.1. The molecule has 372 valence electrons. The minimum absolute atomic E-state index is 0.0986. The Balaban J connectivity index is 5.12. The molecule has 0 bridgehead atoms. The number of aliphatic hydroxyl groups is 1. The van der Waals surface area contributed by atoms with Gasteiger partial charge in [0, 0.05) is 25.7 Å². The zero-order valence-corrected chi connectivity index (χ0v) is 40.8. The van der Waals surface area contributed by atoms with Gasteiger partial charge in [0.25, 0.3) is 0 Å². The van der Waals surface area contributed by atoms with Crippen LogP contribution in [0.3, 0.4) is 0 Å². The van der Waals surface area contributed by atoms with Crippen LogP contribution in [0.25, 0.3) is 0 Å². The molecule has 0 rings (SSSR count). The molecule has 0 aliphatic rings. The molecule has 0 heterocycles. The van der Waals surface area contributed by atoms with Crippen LogP contribution in [-0.2, 0) is 65.4 Å². The SMILES string of the molecule is CCCCCCCCCCC(=O)O[C@H](COC(=O)CCCCCCC)COP(=O)(O)OC[C@@H](O)COP(=O)(O)OC[C@@H](COC(=O)CCCCCCC)OC(=O)CCCCCCC. The summed E-state index contributed by atoms with van der Waals surface area (Å²) in [5, 5.41) is 10.3. The fourth-order valence-corrected chi connectivity index (χ4v) is 7.68. The van der Waals surface area contributed by atoms with Crippen LogP contribution in [0.5, 0.6) is 0 Å². The molecule has 0 fully saturated rings. The van der Waals surface area contributed by atoms with Gasteiger partial charge in [0.15, 0.2) is 12.2 Å². The molecule has 3 N–H and O–H groups in total. The molecule has 0 spiro atoms. The molecule has 0 aromatic carbocycles. The molecule has 0 saturated heterocycles. The van der Waals surface area contributed by atoms with E-state index in [4.69, 9.17) is 37.0 Å². The van der Waals surface area contributed by atoms with Crippen molar-refractivity contribution in [2.75, 3.05) is 39.6 Å². The summed E-state index contributed by atoms with van der Waals surface area (Å²) in [6, 6.07) is 0. The van der Waals surface area contributed by atoms with E-state index in [0.29, 0.717) is 25.7 Å². The summed E-state index contributed by atoms with van der Waals surface area (Å²) in [5.74, 6) is -2.20. The van der Waals surface area contributed by atoms with E-state index in [1.165, 1.54) is 12.8 Å². The summed E-state index contributed by atoms with van der Waals surface area (Å²) >= 11 is 0. The smallest absolute Gasteiger partial charge is 0.462 e. The molecule has 0 saturated carbocycles. The molecule has 17 nitrogen and oxygen atoms in total. The maximum Gasteiger partial charge on any atom is 0.472 e. The van der Waals surface area contributed by atoms with E-state index in [2.05, 4.69) is 27.7 Å². The Morgan fingerprint density at radius 1 is 0.381 bits per heavy atom. The third-order valence-corrected chi connectivity index (χ3v) is 11.8. The van der Waals surface area contributed by atoms with Crippen LogP contribution in [-0.4, -0.2) is 96.7 Å². The first-order chi connectivity index (χ1) is 30.2. The number of hydrogen-bond donors (Lipinski definition) is 3. The lowest BCUT2D eigenvalue weighted by molar-refractivity contribution is -0.161. The van der Waals surface area contributed by atoms with Gasteiger partial charge < -0.3 is 33.8 Å².